The summed E-state index contributed by atoms with van der Waals surface area (Å²) < 4.78 is 28.5. The molecule has 1 heterocycles. The van der Waals surface area contributed by atoms with E-state index in [2.05, 4.69) is 10.4 Å². The molecular formula is C14H16ClF2N3. The number of nitrogens with zero attached hydrogens (tertiary/aromatic N) is 2. The van der Waals surface area contributed by atoms with E-state index in [1.54, 1.807) is 17.9 Å². The van der Waals surface area contributed by atoms with Gasteiger partial charge < -0.3 is 5.32 Å². The van der Waals surface area contributed by atoms with Crippen molar-refractivity contribution >= 4 is 11.6 Å². The zero-order valence-electron chi connectivity index (χ0n) is 11.3. The molecule has 6 heteroatoms. The van der Waals surface area contributed by atoms with Gasteiger partial charge in [0, 0.05) is 12.6 Å². The van der Waals surface area contributed by atoms with Crippen LogP contribution in [0.2, 0.25) is 5.02 Å². The van der Waals surface area contributed by atoms with Crippen LogP contribution in [-0.2, 0) is 6.54 Å². The third-order valence-corrected chi connectivity index (χ3v) is 3.34. The predicted octanol–water partition coefficient (Wildman–Crippen LogP) is 3.53. The Morgan fingerprint density at radius 1 is 1.30 bits per heavy atom. The zero-order valence-corrected chi connectivity index (χ0v) is 12.1. The predicted molar refractivity (Wildman–Crippen MR) is 74.8 cm³/mol. The van der Waals surface area contributed by atoms with Gasteiger partial charge in [0.1, 0.15) is 11.6 Å². The number of rotatable bonds is 5. The molecular weight excluding hydrogens is 284 g/mol. The van der Waals surface area contributed by atoms with Crippen LogP contribution in [-0.4, -0.2) is 16.8 Å². The Morgan fingerprint density at radius 3 is 2.50 bits per heavy atom. The van der Waals surface area contributed by atoms with Crippen molar-refractivity contribution in [2.24, 2.45) is 0 Å². The summed E-state index contributed by atoms with van der Waals surface area (Å²) >= 11 is 6.17. The lowest BCUT2D eigenvalue weighted by molar-refractivity contribution is 0.527. The minimum Gasteiger partial charge on any atom is -0.308 e. The van der Waals surface area contributed by atoms with E-state index in [1.807, 2.05) is 6.92 Å². The van der Waals surface area contributed by atoms with Crippen LogP contribution >= 0.6 is 11.6 Å². The third-order valence-electron chi connectivity index (χ3n) is 3.05. The van der Waals surface area contributed by atoms with Gasteiger partial charge >= 0.3 is 0 Å². The average Bonchev–Trinajstić information content (AvgIpc) is 2.72. The number of aryl methyl sites for hydroxylation is 1. The molecule has 1 N–H and O–H groups in total. The van der Waals surface area contributed by atoms with Crippen molar-refractivity contribution in [3.05, 3.63) is 52.3 Å². The first-order valence-corrected chi connectivity index (χ1v) is 6.79. The van der Waals surface area contributed by atoms with Crippen LogP contribution in [0.1, 0.15) is 30.6 Å². The van der Waals surface area contributed by atoms with Crippen LogP contribution in [0.15, 0.2) is 24.4 Å². The molecule has 20 heavy (non-hydrogen) atoms. The topological polar surface area (TPSA) is 29.9 Å². The fourth-order valence-electron chi connectivity index (χ4n) is 2.25. The number of benzene rings is 1. The van der Waals surface area contributed by atoms with Crippen molar-refractivity contribution in [1.29, 1.82) is 0 Å². The van der Waals surface area contributed by atoms with Crippen LogP contribution in [0.3, 0.4) is 0 Å². The molecule has 0 aliphatic heterocycles. The van der Waals surface area contributed by atoms with E-state index < -0.39 is 17.7 Å². The van der Waals surface area contributed by atoms with Gasteiger partial charge in [-0.1, -0.05) is 18.5 Å². The molecule has 2 aromatic rings. The number of aromatic nitrogens is 2. The summed E-state index contributed by atoms with van der Waals surface area (Å²) in [6.45, 7) is 2.72. The summed E-state index contributed by atoms with van der Waals surface area (Å²) in [7, 11) is 1.72. The molecule has 1 atom stereocenters. The molecule has 0 amide bonds. The summed E-state index contributed by atoms with van der Waals surface area (Å²) in [5.74, 6) is -1.23. The molecule has 0 bridgehead atoms. The minimum atomic E-state index is -0.613. The van der Waals surface area contributed by atoms with Crippen LogP contribution in [0, 0.1) is 11.6 Å². The molecule has 0 aliphatic rings. The van der Waals surface area contributed by atoms with E-state index in [4.69, 9.17) is 11.6 Å². The van der Waals surface area contributed by atoms with Gasteiger partial charge in [-0.3, -0.25) is 4.68 Å². The Morgan fingerprint density at radius 2 is 1.95 bits per heavy atom. The number of hydrogen-bond donors (Lipinski definition) is 1. The van der Waals surface area contributed by atoms with Gasteiger partial charge in [-0.15, -0.1) is 0 Å². The van der Waals surface area contributed by atoms with Crippen molar-refractivity contribution in [2.75, 3.05) is 7.05 Å². The summed E-state index contributed by atoms with van der Waals surface area (Å²) in [5, 5.41) is 7.71. The Balaban J connectivity index is 2.49. The summed E-state index contributed by atoms with van der Waals surface area (Å²) in [6, 6.07) is 3.02. The van der Waals surface area contributed by atoms with Gasteiger partial charge in [0.05, 0.1) is 23.0 Å². The van der Waals surface area contributed by atoms with Crippen molar-refractivity contribution < 1.29 is 8.78 Å². The summed E-state index contributed by atoms with van der Waals surface area (Å²) in [6.07, 6.45) is 2.44. The Bertz CT molecular complexity index is 578. The minimum absolute atomic E-state index is 0.415. The summed E-state index contributed by atoms with van der Waals surface area (Å²) in [5.41, 5.74) is 1.19. The highest BCUT2D eigenvalue weighted by Crippen LogP contribution is 2.29. The smallest absolute Gasteiger partial charge is 0.126 e. The third kappa shape index (κ3) is 2.99. The van der Waals surface area contributed by atoms with E-state index in [0.717, 1.165) is 12.5 Å². The quantitative estimate of drug-likeness (QED) is 0.915. The molecule has 0 spiro atoms. The van der Waals surface area contributed by atoms with Gasteiger partial charge in [-0.05, 0) is 31.2 Å². The first kappa shape index (κ1) is 14.9. The molecule has 1 unspecified atom stereocenters. The highest BCUT2D eigenvalue weighted by atomic mass is 35.5. The number of halogens is 3. The first-order valence-electron chi connectivity index (χ1n) is 6.41. The maximum absolute atomic E-state index is 13.4. The van der Waals surface area contributed by atoms with Gasteiger partial charge in [0.15, 0.2) is 0 Å². The van der Waals surface area contributed by atoms with Gasteiger partial charge in [0.25, 0.3) is 0 Å². The van der Waals surface area contributed by atoms with Crippen LogP contribution < -0.4 is 5.32 Å². The number of hydrogen-bond acceptors (Lipinski definition) is 2. The molecule has 0 fully saturated rings. The molecule has 2 rings (SSSR count). The molecule has 0 radical (unpaired) electrons. The van der Waals surface area contributed by atoms with E-state index in [0.29, 0.717) is 22.8 Å². The standard InChI is InChI=1S/C14H16ClF2N3/c1-3-4-20-14(12(15)8-19-20)13(18-2)9-5-10(16)7-11(17)6-9/h5-8,13,18H,3-4H2,1-2H3. The Kier molecular flexibility index (Phi) is 4.73. The highest BCUT2D eigenvalue weighted by molar-refractivity contribution is 6.31. The van der Waals surface area contributed by atoms with Gasteiger partial charge in [-0.25, -0.2) is 8.78 Å². The van der Waals surface area contributed by atoms with E-state index in [9.17, 15) is 8.78 Å². The van der Waals surface area contributed by atoms with Crippen molar-refractivity contribution in [3.63, 3.8) is 0 Å². The van der Waals surface area contributed by atoms with Crippen LogP contribution in [0.4, 0.5) is 8.78 Å². The zero-order chi connectivity index (χ0) is 14.7. The highest BCUT2D eigenvalue weighted by Gasteiger charge is 2.21. The fraction of sp³-hybridized carbons (Fsp3) is 0.357. The lowest BCUT2D eigenvalue weighted by Crippen LogP contribution is -2.22. The summed E-state index contributed by atoms with van der Waals surface area (Å²) in [4.78, 5) is 0. The van der Waals surface area contributed by atoms with Crippen molar-refractivity contribution in [2.45, 2.75) is 25.9 Å². The van der Waals surface area contributed by atoms with Crippen molar-refractivity contribution in [1.82, 2.24) is 15.1 Å². The van der Waals surface area contributed by atoms with Crippen LogP contribution in [0.25, 0.3) is 0 Å². The SMILES string of the molecule is CCCn1ncc(Cl)c1C(NC)c1cc(F)cc(F)c1. The molecule has 108 valence electrons. The molecule has 0 aliphatic carbocycles. The normalized spacial score (nSPS) is 12.7. The van der Waals surface area contributed by atoms with E-state index >= 15 is 0 Å². The Hall–Kier alpha value is -1.46. The average molecular weight is 300 g/mol. The fourth-order valence-corrected chi connectivity index (χ4v) is 2.50. The monoisotopic (exact) mass is 299 g/mol. The molecule has 1 aromatic carbocycles. The lowest BCUT2D eigenvalue weighted by atomic mass is 10.0. The van der Waals surface area contributed by atoms with E-state index in [-0.39, 0.29) is 0 Å². The van der Waals surface area contributed by atoms with Gasteiger partial charge in [-0.2, -0.15) is 5.10 Å². The lowest BCUT2D eigenvalue weighted by Gasteiger charge is -2.19. The van der Waals surface area contributed by atoms with E-state index in [1.165, 1.54) is 12.1 Å². The Labute approximate surface area is 121 Å². The second-order valence-corrected chi connectivity index (χ2v) is 4.93. The molecule has 3 nitrogen and oxygen atoms in total. The van der Waals surface area contributed by atoms with Gasteiger partial charge in [0.2, 0.25) is 0 Å². The largest absolute Gasteiger partial charge is 0.308 e. The van der Waals surface area contributed by atoms with Crippen molar-refractivity contribution in [3.8, 4) is 0 Å². The molecule has 0 saturated carbocycles. The maximum Gasteiger partial charge on any atom is 0.126 e. The second kappa shape index (κ2) is 6.33. The first-order chi connectivity index (χ1) is 9.56. The second-order valence-electron chi connectivity index (χ2n) is 4.53. The number of nitrogens with one attached hydrogen (secondary N) is 1. The van der Waals surface area contributed by atoms with Crippen LogP contribution in [0.5, 0.6) is 0 Å². The maximum atomic E-state index is 13.4. The molecule has 0 saturated heterocycles. The molecule has 1 aromatic heterocycles.